The molecule has 1 N–H and O–H groups in total. The number of hydrogen-bond acceptors (Lipinski definition) is 1. The molecule has 0 bridgehead atoms. The summed E-state index contributed by atoms with van der Waals surface area (Å²) < 4.78 is 13.9. The van der Waals surface area contributed by atoms with Crippen LogP contribution in [0.4, 0.5) is 4.39 Å². The number of hydrogen-bond donors (Lipinski definition) is 1. The van der Waals surface area contributed by atoms with Gasteiger partial charge in [0.2, 0.25) is 0 Å². The fourth-order valence-electron chi connectivity index (χ4n) is 1.76. The molecule has 1 aromatic carbocycles. The Morgan fingerprint density at radius 3 is 2.62 bits per heavy atom. The van der Waals surface area contributed by atoms with Gasteiger partial charge in [-0.1, -0.05) is 42.3 Å². The van der Waals surface area contributed by atoms with Gasteiger partial charge >= 0.3 is 0 Å². The van der Waals surface area contributed by atoms with Gasteiger partial charge in [0.1, 0.15) is 5.82 Å². The minimum absolute atomic E-state index is 0.193. The largest absolute Gasteiger partial charge is 0.310 e. The second-order valence-electron chi connectivity index (χ2n) is 3.96. The first kappa shape index (κ1) is 13.7. The van der Waals surface area contributed by atoms with Crippen molar-refractivity contribution < 1.29 is 4.39 Å². The molecule has 0 amide bonds. The molecule has 0 saturated carbocycles. The van der Waals surface area contributed by atoms with Crippen LogP contribution in [0.5, 0.6) is 0 Å². The highest BCUT2D eigenvalue weighted by Crippen LogP contribution is 2.27. The predicted molar refractivity (Wildman–Crippen MR) is 70.0 cm³/mol. The number of halogens is 2. The van der Waals surface area contributed by atoms with Crippen molar-refractivity contribution in [1.82, 2.24) is 5.32 Å². The fraction of sp³-hybridized carbons (Fsp3) is 0.538. The molecule has 1 rings (SSSR count). The Morgan fingerprint density at radius 1 is 1.31 bits per heavy atom. The quantitative estimate of drug-likeness (QED) is 0.816. The van der Waals surface area contributed by atoms with E-state index in [0.717, 1.165) is 35.8 Å². The molecule has 0 saturated heterocycles. The third-order valence-electron chi connectivity index (χ3n) is 2.56. The molecule has 1 unspecified atom stereocenters. The van der Waals surface area contributed by atoms with E-state index in [9.17, 15) is 4.39 Å². The molecule has 90 valence electrons. The predicted octanol–water partition coefficient (Wildman–Crippen LogP) is 4.43. The average molecular weight is 288 g/mol. The van der Waals surface area contributed by atoms with Crippen LogP contribution < -0.4 is 5.32 Å². The molecule has 0 radical (unpaired) electrons. The zero-order valence-electron chi connectivity index (χ0n) is 9.89. The lowest BCUT2D eigenvalue weighted by molar-refractivity contribution is 0.491. The zero-order chi connectivity index (χ0) is 12.0. The van der Waals surface area contributed by atoms with Crippen molar-refractivity contribution in [1.29, 1.82) is 0 Å². The monoisotopic (exact) mass is 287 g/mol. The molecule has 0 aromatic heterocycles. The Hall–Kier alpha value is -0.410. The molecule has 0 spiro atoms. The van der Waals surface area contributed by atoms with Crippen molar-refractivity contribution in [2.45, 2.75) is 39.2 Å². The summed E-state index contributed by atoms with van der Waals surface area (Å²) in [7, 11) is 0. The van der Waals surface area contributed by atoms with Gasteiger partial charge in [0, 0.05) is 10.5 Å². The molecule has 0 aliphatic heterocycles. The van der Waals surface area contributed by atoms with E-state index < -0.39 is 0 Å². The van der Waals surface area contributed by atoms with Gasteiger partial charge in [-0.3, -0.25) is 0 Å². The first-order valence-electron chi connectivity index (χ1n) is 5.87. The lowest BCUT2D eigenvalue weighted by Crippen LogP contribution is -2.22. The Kier molecular flexibility index (Phi) is 5.99. The van der Waals surface area contributed by atoms with Gasteiger partial charge < -0.3 is 5.32 Å². The van der Waals surface area contributed by atoms with Crippen LogP contribution in [0, 0.1) is 5.82 Å². The third-order valence-corrected chi connectivity index (χ3v) is 3.24. The van der Waals surface area contributed by atoms with Crippen LogP contribution in [0.2, 0.25) is 0 Å². The van der Waals surface area contributed by atoms with Gasteiger partial charge in [-0.2, -0.15) is 0 Å². The van der Waals surface area contributed by atoms with Crippen molar-refractivity contribution in [2.75, 3.05) is 6.54 Å². The van der Waals surface area contributed by atoms with Crippen molar-refractivity contribution in [2.24, 2.45) is 0 Å². The number of rotatable bonds is 6. The molecular formula is C13H19BrFN. The SMILES string of the molecule is CCCNC(CCC)c1ccc(F)cc1Br. The highest BCUT2D eigenvalue weighted by Gasteiger charge is 2.13. The van der Waals surface area contributed by atoms with Gasteiger partial charge in [0.25, 0.3) is 0 Å². The second-order valence-corrected chi connectivity index (χ2v) is 4.82. The zero-order valence-corrected chi connectivity index (χ0v) is 11.5. The molecular weight excluding hydrogens is 269 g/mol. The summed E-state index contributed by atoms with van der Waals surface area (Å²) in [6, 6.07) is 5.24. The van der Waals surface area contributed by atoms with Crippen LogP contribution in [-0.4, -0.2) is 6.54 Å². The highest BCUT2D eigenvalue weighted by atomic mass is 79.9. The van der Waals surface area contributed by atoms with E-state index in [-0.39, 0.29) is 5.82 Å². The van der Waals surface area contributed by atoms with Crippen molar-refractivity contribution in [3.8, 4) is 0 Å². The lowest BCUT2D eigenvalue weighted by Gasteiger charge is -2.19. The Balaban J connectivity index is 2.82. The van der Waals surface area contributed by atoms with Crippen LogP contribution in [0.25, 0.3) is 0 Å². The standard InChI is InChI=1S/C13H19BrFN/c1-3-5-13(16-8-4-2)11-7-6-10(15)9-12(11)14/h6-7,9,13,16H,3-5,8H2,1-2H3. The van der Waals surface area contributed by atoms with Crippen molar-refractivity contribution in [3.05, 3.63) is 34.1 Å². The van der Waals surface area contributed by atoms with Gasteiger partial charge in [-0.15, -0.1) is 0 Å². The maximum absolute atomic E-state index is 13.0. The smallest absolute Gasteiger partial charge is 0.124 e. The topological polar surface area (TPSA) is 12.0 Å². The van der Waals surface area contributed by atoms with E-state index in [2.05, 4.69) is 35.1 Å². The number of benzene rings is 1. The lowest BCUT2D eigenvalue weighted by atomic mass is 10.0. The van der Waals surface area contributed by atoms with Crippen LogP contribution in [0.1, 0.15) is 44.7 Å². The summed E-state index contributed by atoms with van der Waals surface area (Å²) in [5, 5.41) is 3.49. The fourth-order valence-corrected chi connectivity index (χ4v) is 2.39. The van der Waals surface area contributed by atoms with Crippen LogP contribution >= 0.6 is 15.9 Å². The van der Waals surface area contributed by atoms with Crippen molar-refractivity contribution >= 4 is 15.9 Å². The minimum atomic E-state index is -0.193. The molecule has 1 atom stereocenters. The normalized spacial score (nSPS) is 12.8. The Labute approximate surface area is 106 Å². The molecule has 0 heterocycles. The Bertz CT molecular complexity index is 328. The second kappa shape index (κ2) is 7.02. The van der Waals surface area contributed by atoms with Crippen LogP contribution in [-0.2, 0) is 0 Å². The summed E-state index contributed by atoms with van der Waals surface area (Å²) in [5.74, 6) is -0.193. The van der Waals surface area contributed by atoms with E-state index in [0.29, 0.717) is 6.04 Å². The molecule has 0 aliphatic carbocycles. The molecule has 1 aromatic rings. The summed E-state index contributed by atoms with van der Waals surface area (Å²) >= 11 is 3.43. The maximum atomic E-state index is 13.0. The molecule has 1 nitrogen and oxygen atoms in total. The van der Waals surface area contributed by atoms with Crippen LogP contribution in [0.15, 0.2) is 22.7 Å². The molecule has 0 aliphatic rings. The van der Waals surface area contributed by atoms with Gasteiger partial charge in [-0.05, 0) is 37.1 Å². The van der Waals surface area contributed by atoms with E-state index in [1.807, 2.05) is 6.07 Å². The van der Waals surface area contributed by atoms with Gasteiger partial charge in [0.05, 0.1) is 0 Å². The van der Waals surface area contributed by atoms with E-state index in [4.69, 9.17) is 0 Å². The third kappa shape index (κ3) is 3.87. The summed E-state index contributed by atoms with van der Waals surface area (Å²) in [6.45, 7) is 5.31. The minimum Gasteiger partial charge on any atom is -0.310 e. The summed E-state index contributed by atoms with van der Waals surface area (Å²) in [6.07, 6.45) is 3.30. The first-order chi connectivity index (χ1) is 7.69. The first-order valence-corrected chi connectivity index (χ1v) is 6.66. The maximum Gasteiger partial charge on any atom is 0.124 e. The highest BCUT2D eigenvalue weighted by molar-refractivity contribution is 9.10. The van der Waals surface area contributed by atoms with E-state index in [1.165, 1.54) is 12.1 Å². The average Bonchev–Trinajstić information content (AvgIpc) is 2.25. The molecule has 16 heavy (non-hydrogen) atoms. The molecule has 3 heteroatoms. The van der Waals surface area contributed by atoms with Gasteiger partial charge in [-0.25, -0.2) is 4.39 Å². The number of nitrogens with one attached hydrogen (secondary N) is 1. The summed E-state index contributed by atoms with van der Waals surface area (Å²) in [5.41, 5.74) is 1.15. The Morgan fingerprint density at radius 2 is 2.06 bits per heavy atom. The van der Waals surface area contributed by atoms with Crippen molar-refractivity contribution in [3.63, 3.8) is 0 Å². The molecule has 0 fully saturated rings. The van der Waals surface area contributed by atoms with Crippen LogP contribution in [0.3, 0.4) is 0 Å². The van der Waals surface area contributed by atoms with E-state index >= 15 is 0 Å². The van der Waals surface area contributed by atoms with E-state index in [1.54, 1.807) is 0 Å². The summed E-state index contributed by atoms with van der Waals surface area (Å²) in [4.78, 5) is 0. The van der Waals surface area contributed by atoms with Gasteiger partial charge in [0.15, 0.2) is 0 Å².